The van der Waals surface area contributed by atoms with Crippen molar-refractivity contribution in [1.82, 2.24) is 10.2 Å². The normalized spacial score (nSPS) is 15.2. The number of carbonyl (C=O) groups excluding carboxylic acids is 2. The van der Waals surface area contributed by atoms with Crippen molar-refractivity contribution in [1.29, 1.82) is 0 Å². The fourth-order valence-corrected chi connectivity index (χ4v) is 2.38. The molecule has 1 heterocycles. The number of para-hydroxylation sites is 1. The van der Waals surface area contributed by atoms with Crippen molar-refractivity contribution >= 4 is 12.2 Å². The van der Waals surface area contributed by atoms with E-state index in [1.807, 2.05) is 18.2 Å². The van der Waals surface area contributed by atoms with Gasteiger partial charge in [-0.25, -0.2) is 9.59 Å². The first kappa shape index (κ1) is 16.1. The molecule has 1 aliphatic heterocycles. The number of nitrogens with zero attached hydrogens (tertiary/aromatic N) is 1. The fraction of sp³-hybridized carbons (Fsp3) is 0.500. The molecule has 6 heteroatoms. The van der Waals surface area contributed by atoms with Gasteiger partial charge >= 0.3 is 12.2 Å². The minimum absolute atomic E-state index is 0.317. The van der Waals surface area contributed by atoms with Crippen LogP contribution in [0.15, 0.2) is 30.3 Å². The van der Waals surface area contributed by atoms with Gasteiger partial charge in [0.1, 0.15) is 5.75 Å². The van der Waals surface area contributed by atoms with E-state index in [-0.39, 0.29) is 12.2 Å². The summed E-state index contributed by atoms with van der Waals surface area (Å²) in [5, 5.41) is 2.74. The number of hydrogen-bond donors (Lipinski definition) is 1. The van der Waals surface area contributed by atoms with E-state index in [0.29, 0.717) is 37.9 Å². The predicted octanol–water partition coefficient (Wildman–Crippen LogP) is 2.64. The standard InChI is InChI=1S/C16H22N2O4/c1-2-21-15(19)17-12-13-8-10-18(11-9-13)16(20)22-14-6-4-3-5-7-14/h3-7,13H,2,8-12H2,1H3,(H,17,19). The number of nitrogens with one attached hydrogen (secondary N) is 1. The maximum atomic E-state index is 12.0. The van der Waals surface area contributed by atoms with Gasteiger partial charge in [0.2, 0.25) is 0 Å². The van der Waals surface area contributed by atoms with Crippen molar-refractivity contribution in [2.45, 2.75) is 19.8 Å². The Hall–Kier alpha value is -2.24. The molecule has 0 saturated carbocycles. The molecule has 6 nitrogen and oxygen atoms in total. The van der Waals surface area contributed by atoms with E-state index in [4.69, 9.17) is 9.47 Å². The van der Waals surface area contributed by atoms with Crippen molar-refractivity contribution in [3.05, 3.63) is 30.3 Å². The summed E-state index contributed by atoms with van der Waals surface area (Å²) in [5.74, 6) is 0.920. The molecule has 0 atom stereocenters. The van der Waals surface area contributed by atoms with E-state index in [9.17, 15) is 9.59 Å². The van der Waals surface area contributed by atoms with Crippen molar-refractivity contribution in [3.63, 3.8) is 0 Å². The molecule has 0 radical (unpaired) electrons. The van der Waals surface area contributed by atoms with Crippen LogP contribution in [0, 0.1) is 5.92 Å². The zero-order chi connectivity index (χ0) is 15.8. The molecule has 1 aromatic rings. The van der Waals surface area contributed by atoms with Crippen LogP contribution in [-0.2, 0) is 4.74 Å². The zero-order valence-corrected chi connectivity index (χ0v) is 12.8. The topological polar surface area (TPSA) is 67.9 Å². The first-order valence-corrected chi connectivity index (χ1v) is 7.61. The number of likely N-dealkylation sites (tertiary alicyclic amines) is 1. The minimum atomic E-state index is -0.381. The molecule has 22 heavy (non-hydrogen) atoms. The molecule has 0 bridgehead atoms. The lowest BCUT2D eigenvalue weighted by Crippen LogP contribution is -2.42. The number of benzene rings is 1. The van der Waals surface area contributed by atoms with Crippen LogP contribution in [-0.4, -0.2) is 43.3 Å². The number of amides is 2. The first-order valence-electron chi connectivity index (χ1n) is 7.61. The van der Waals surface area contributed by atoms with Crippen LogP contribution in [0.5, 0.6) is 5.75 Å². The Morgan fingerprint density at radius 3 is 2.55 bits per heavy atom. The summed E-state index contributed by atoms with van der Waals surface area (Å²) in [6, 6.07) is 9.05. The minimum Gasteiger partial charge on any atom is -0.450 e. The highest BCUT2D eigenvalue weighted by Crippen LogP contribution is 2.18. The Balaban J connectivity index is 1.70. The van der Waals surface area contributed by atoms with E-state index in [2.05, 4.69) is 5.32 Å². The average molecular weight is 306 g/mol. The van der Waals surface area contributed by atoms with Gasteiger partial charge < -0.3 is 19.7 Å². The zero-order valence-electron chi connectivity index (χ0n) is 12.8. The summed E-state index contributed by atoms with van der Waals surface area (Å²) >= 11 is 0. The molecule has 0 unspecified atom stereocenters. The molecular formula is C16H22N2O4. The van der Waals surface area contributed by atoms with Crippen LogP contribution in [0.3, 0.4) is 0 Å². The van der Waals surface area contributed by atoms with Gasteiger partial charge in [-0.3, -0.25) is 0 Å². The lowest BCUT2D eigenvalue weighted by atomic mass is 9.97. The highest BCUT2D eigenvalue weighted by molar-refractivity contribution is 5.70. The van der Waals surface area contributed by atoms with E-state index >= 15 is 0 Å². The Kier molecular flexibility index (Phi) is 6.06. The molecule has 2 amide bonds. The Labute approximate surface area is 130 Å². The largest absolute Gasteiger partial charge is 0.450 e. The molecule has 0 spiro atoms. The summed E-state index contributed by atoms with van der Waals surface area (Å²) in [6.45, 7) is 4.01. The molecule has 0 aliphatic carbocycles. The number of carbonyl (C=O) groups is 2. The summed E-state index contributed by atoms with van der Waals surface area (Å²) in [4.78, 5) is 25.0. The van der Waals surface area contributed by atoms with Gasteiger partial charge in [-0.15, -0.1) is 0 Å². The quantitative estimate of drug-likeness (QED) is 0.928. The Bertz CT molecular complexity index is 484. The molecular weight excluding hydrogens is 284 g/mol. The van der Waals surface area contributed by atoms with Crippen LogP contribution in [0.1, 0.15) is 19.8 Å². The lowest BCUT2D eigenvalue weighted by Gasteiger charge is -2.31. The third-order valence-corrected chi connectivity index (χ3v) is 3.63. The van der Waals surface area contributed by atoms with E-state index in [1.165, 1.54) is 0 Å². The van der Waals surface area contributed by atoms with Crippen molar-refractivity contribution in [2.75, 3.05) is 26.2 Å². The summed E-state index contributed by atoms with van der Waals surface area (Å²) in [7, 11) is 0. The first-order chi connectivity index (χ1) is 10.7. The van der Waals surface area contributed by atoms with Gasteiger partial charge in [-0.05, 0) is 37.8 Å². The maximum absolute atomic E-state index is 12.0. The lowest BCUT2D eigenvalue weighted by molar-refractivity contribution is 0.126. The predicted molar refractivity (Wildman–Crippen MR) is 81.8 cm³/mol. The second-order valence-electron chi connectivity index (χ2n) is 5.21. The summed E-state index contributed by atoms with van der Waals surface area (Å²) < 4.78 is 10.1. The van der Waals surface area contributed by atoms with Gasteiger partial charge in [0.05, 0.1) is 6.61 Å². The van der Waals surface area contributed by atoms with Crippen LogP contribution in [0.25, 0.3) is 0 Å². The van der Waals surface area contributed by atoms with Crippen LogP contribution >= 0.6 is 0 Å². The number of alkyl carbamates (subject to hydrolysis) is 1. The molecule has 1 saturated heterocycles. The van der Waals surface area contributed by atoms with Gasteiger partial charge in [-0.1, -0.05) is 18.2 Å². The molecule has 1 aromatic carbocycles. The van der Waals surface area contributed by atoms with Crippen molar-refractivity contribution in [3.8, 4) is 5.75 Å². The second kappa shape index (κ2) is 8.26. The number of rotatable bonds is 4. The van der Waals surface area contributed by atoms with Gasteiger partial charge in [0.25, 0.3) is 0 Å². The van der Waals surface area contributed by atoms with Crippen LogP contribution in [0.4, 0.5) is 9.59 Å². The molecule has 2 rings (SSSR count). The van der Waals surface area contributed by atoms with Crippen molar-refractivity contribution < 1.29 is 19.1 Å². The molecule has 1 fully saturated rings. The number of hydrogen-bond acceptors (Lipinski definition) is 4. The number of ether oxygens (including phenoxy) is 2. The van der Waals surface area contributed by atoms with Gasteiger partial charge in [0, 0.05) is 19.6 Å². The molecule has 0 aromatic heterocycles. The number of piperidine rings is 1. The molecule has 120 valence electrons. The Morgan fingerprint density at radius 2 is 1.91 bits per heavy atom. The van der Waals surface area contributed by atoms with Crippen LogP contribution in [0.2, 0.25) is 0 Å². The smallest absolute Gasteiger partial charge is 0.415 e. The highest BCUT2D eigenvalue weighted by atomic mass is 16.6. The van der Waals surface area contributed by atoms with E-state index < -0.39 is 0 Å². The molecule has 1 N–H and O–H groups in total. The third kappa shape index (κ3) is 4.95. The van der Waals surface area contributed by atoms with E-state index in [0.717, 1.165) is 12.8 Å². The third-order valence-electron chi connectivity index (χ3n) is 3.63. The second-order valence-corrected chi connectivity index (χ2v) is 5.21. The highest BCUT2D eigenvalue weighted by Gasteiger charge is 2.24. The van der Waals surface area contributed by atoms with Gasteiger partial charge in [-0.2, -0.15) is 0 Å². The summed E-state index contributed by atoms with van der Waals surface area (Å²) in [5.41, 5.74) is 0. The van der Waals surface area contributed by atoms with Crippen molar-refractivity contribution in [2.24, 2.45) is 5.92 Å². The van der Waals surface area contributed by atoms with Gasteiger partial charge in [0.15, 0.2) is 0 Å². The van der Waals surface area contributed by atoms with E-state index in [1.54, 1.807) is 24.0 Å². The Morgan fingerprint density at radius 1 is 1.23 bits per heavy atom. The SMILES string of the molecule is CCOC(=O)NCC1CCN(C(=O)Oc2ccccc2)CC1. The summed E-state index contributed by atoms with van der Waals surface area (Å²) in [6.07, 6.45) is 0.989. The monoisotopic (exact) mass is 306 g/mol. The maximum Gasteiger partial charge on any atom is 0.415 e. The average Bonchev–Trinajstić information content (AvgIpc) is 2.54. The fourth-order valence-electron chi connectivity index (χ4n) is 2.38. The van der Waals surface area contributed by atoms with Crippen LogP contribution < -0.4 is 10.1 Å². The molecule has 1 aliphatic rings.